The fourth-order valence-electron chi connectivity index (χ4n) is 7.32. The molecule has 0 aliphatic heterocycles. The van der Waals surface area contributed by atoms with Crippen LogP contribution in [-0.2, 0) is 21.7 Å². The van der Waals surface area contributed by atoms with E-state index in [9.17, 15) is 0 Å². The van der Waals surface area contributed by atoms with E-state index in [-0.39, 0.29) is 21.7 Å². The molecule has 0 saturated carbocycles. The molecule has 3 aromatic heterocycles. The third kappa shape index (κ3) is 6.90. The van der Waals surface area contributed by atoms with Crippen molar-refractivity contribution < 1.29 is 4.74 Å². The van der Waals surface area contributed by atoms with Crippen molar-refractivity contribution in [3.05, 3.63) is 132 Å². The summed E-state index contributed by atoms with van der Waals surface area (Å²) in [5.41, 5.74) is 10.1. The fraction of sp³-hybridized carbons (Fsp3) is 0.333. The van der Waals surface area contributed by atoms with Crippen LogP contribution in [0.2, 0.25) is 0 Å². The van der Waals surface area contributed by atoms with Gasteiger partial charge < -0.3 is 4.74 Å². The van der Waals surface area contributed by atoms with Gasteiger partial charge >= 0.3 is 0 Å². The molecule has 0 fully saturated rings. The summed E-state index contributed by atoms with van der Waals surface area (Å²) in [6, 6.07) is 36.6. The Morgan fingerprint density at radius 3 is 1.85 bits per heavy atom. The van der Waals surface area contributed by atoms with Crippen molar-refractivity contribution >= 4 is 21.8 Å². The van der Waals surface area contributed by atoms with Crippen molar-refractivity contribution in [2.45, 2.75) is 105 Å². The molecule has 0 atom stereocenters. The summed E-state index contributed by atoms with van der Waals surface area (Å²) in [7, 11) is 0. The van der Waals surface area contributed by atoms with E-state index in [1.807, 2.05) is 12.3 Å². The van der Waals surface area contributed by atoms with Gasteiger partial charge in [0.05, 0.1) is 28.1 Å². The lowest BCUT2D eigenvalue weighted by Crippen LogP contribution is -2.19. The van der Waals surface area contributed by atoms with Crippen LogP contribution in [0, 0.1) is 0 Å². The summed E-state index contributed by atoms with van der Waals surface area (Å²) in [5, 5.41) is 7.75. The van der Waals surface area contributed by atoms with E-state index >= 15 is 0 Å². The molecule has 0 unspecified atom stereocenters. The van der Waals surface area contributed by atoms with Crippen LogP contribution >= 0.6 is 0 Å². The Bertz CT molecular complexity index is 2450. The average molecular weight is 703 g/mol. The average Bonchev–Trinajstić information content (AvgIpc) is 3.66. The van der Waals surface area contributed by atoms with Gasteiger partial charge in [-0.15, -0.1) is 0 Å². The van der Waals surface area contributed by atoms with Crippen molar-refractivity contribution in [2.75, 3.05) is 0 Å². The number of aromatic nitrogens is 4. The maximum Gasteiger partial charge on any atom is 0.137 e. The first-order valence-electron chi connectivity index (χ1n) is 18.8. The van der Waals surface area contributed by atoms with Crippen LogP contribution in [0.1, 0.15) is 106 Å². The summed E-state index contributed by atoms with van der Waals surface area (Å²) in [4.78, 5) is 4.86. The Morgan fingerprint density at radius 1 is 0.528 bits per heavy atom. The fourth-order valence-corrected chi connectivity index (χ4v) is 7.32. The SMILES string of the molecule is CC(C)(C)c1ccc(-c2c(C(C)(C)C)nn(-c3cccc(Oc4ccc5c6ccccc6n(-c6cc(C(C)(C)C)ccn6)c5c4)c3)c2C(C)(C)C)cc1. The Labute approximate surface area is 315 Å². The van der Waals surface area contributed by atoms with Gasteiger partial charge in [0.15, 0.2) is 0 Å². The summed E-state index contributed by atoms with van der Waals surface area (Å²) in [6.45, 7) is 27.1. The molecule has 5 heteroatoms. The minimum atomic E-state index is -0.192. The maximum atomic E-state index is 6.70. The van der Waals surface area contributed by atoms with Crippen molar-refractivity contribution in [3.63, 3.8) is 0 Å². The van der Waals surface area contributed by atoms with Crippen LogP contribution in [0.25, 0.3) is 44.4 Å². The molecule has 7 aromatic rings. The first-order valence-corrected chi connectivity index (χ1v) is 18.8. The Hall–Kier alpha value is -5.16. The molecule has 0 amide bonds. The highest BCUT2D eigenvalue weighted by Crippen LogP contribution is 2.43. The van der Waals surface area contributed by atoms with Crippen LogP contribution in [-0.4, -0.2) is 19.3 Å². The molecule has 272 valence electrons. The van der Waals surface area contributed by atoms with Gasteiger partial charge in [0.1, 0.15) is 17.3 Å². The van der Waals surface area contributed by atoms with E-state index in [1.54, 1.807) is 0 Å². The number of benzene rings is 4. The molecule has 0 saturated heterocycles. The molecule has 4 aromatic carbocycles. The van der Waals surface area contributed by atoms with E-state index < -0.39 is 0 Å². The van der Waals surface area contributed by atoms with Crippen molar-refractivity contribution in [1.82, 2.24) is 19.3 Å². The van der Waals surface area contributed by atoms with Gasteiger partial charge in [0.2, 0.25) is 0 Å². The number of para-hydroxylation sites is 1. The topological polar surface area (TPSA) is 44.9 Å². The number of hydrogen-bond acceptors (Lipinski definition) is 3. The molecule has 0 bridgehead atoms. The molecule has 3 heterocycles. The zero-order valence-electron chi connectivity index (χ0n) is 33.6. The number of nitrogens with zero attached hydrogens (tertiary/aromatic N) is 4. The highest BCUT2D eigenvalue weighted by Gasteiger charge is 2.33. The van der Waals surface area contributed by atoms with Crippen molar-refractivity contribution in [2.24, 2.45) is 0 Å². The molecular weight excluding hydrogens is 649 g/mol. The van der Waals surface area contributed by atoms with E-state index in [2.05, 4.69) is 189 Å². The Kier molecular flexibility index (Phi) is 8.71. The normalized spacial score (nSPS) is 12.9. The molecular formula is C48H54N4O. The van der Waals surface area contributed by atoms with Gasteiger partial charge in [-0.25, -0.2) is 9.67 Å². The predicted octanol–water partition coefficient (Wildman–Crippen LogP) is 13.0. The van der Waals surface area contributed by atoms with Gasteiger partial charge in [-0.1, -0.05) is 132 Å². The van der Waals surface area contributed by atoms with E-state index in [4.69, 9.17) is 14.8 Å². The lowest BCUT2D eigenvalue weighted by molar-refractivity contribution is 0.482. The van der Waals surface area contributed by atoms with Gasteiger partial charge in [0.25, 0.3) is 0 Å². The zero-order valence-corrected chi connectivity index (χ0v) is 33.6. The number of pyridine rings is 1. The van der Waals surface area contributed by atoms with Gasteiger partial charge in [-0.2, -0.15) is 5.10 Å². The number of rotatable bonds is 5. The lowest BCUT2D eigenvalue weighted by Gasteiger charge is -2.25. The standard InChI is InChI=1S/C48H54N4O/c1-45(2,3)32-22-20-31(21-23-32)42-43(47(7,8)9)50-52(44(42)48(10,11)12)34-16-15-17-35(29-34)53-36-24-25-38-37-18-13-14-19-39(37)51(40(38)30-36)41-28-33(26-27-49-41)46(4,5)6/h13-30H,1-12H3. The Balaban J connectivity index is 1.33. The molecule has 7 rings (SSSR count). The molecule has 0 N–H and O–H groups in total. The highest BCUT2D eigenvalue weighted by atomic mass is 16.5. The minimum Gasteiger partial charge on any atom is -0.457 e. The zero-order chi connectivity index (χ0) is 38.1. The van der Waals surface area contributed by atoms with Crippen LogP contribution in [0.15, 0.2) is 109 Å². The van der Waals surface area contributed by atoms with Gasteiger partial charge in [-0.05, 0) is 70.0 Å². The lowest BCUT2D eigenvalue weighted by atomic mass is 9.80. The summed E-state index contributed by atoms with van der Waals surface area (Å²) in [5.74, 6) is 2.41. The second-order valence-electron chi connectivity index (χ2n) is 18.6. The number of hydrogen-bond donors (Lipinski definition) is 0. The largest absolute Gasteiger partial charge is 0.457 e. The second-order valence-corrected chi connectivity index (χ2v) is 18.6. The molecule has 0 aliphatic carbocycles. The second kappa shape index (κ2) is 12.8. The molecule has 5 nitrogen and oxygen atoms in total. The summed E-state index contributed by atoms with van der Waals surface area (Å²) < 4.78 is 11.1. The molecule has 0 aliphatic rings. The van der Waals surface area contributed by atoms with Crippen molar-refractivity contribution in [1.29, 1.82) is 0 Å². The first kappa shape index (κ1) is 36.2. The first-order chi connectivity index (χ1) is 24.8. The van der Waals surface area contributed by atoms with Crippen LogP contribution in [0.5, 0.6) is 11.5 Å². The molecule has 0 radical (unpaired) electrons. The van der Waals surface area contributed by atoms with Crippen LogP contribution in [0.3, 0.4) is 0 Å². The van der Waals surface area contributed by atoms with Gasteiger partial charge in [-0.3, -0.25) is 4.57 Å². The highest BCUT2D eigenvalue weighted by molar-refractivity contribution is 6.09. The minimum absolute atomic E-state index is 0.00244. The third-order valence-electron chi connectivity index (χ3n) is 10.1. The van der Waals surface area contributed by atoms with E-state index in [0.29, 0.717) is 0 Å². The van der Waals surface area contributed by atoms with E-state index in [0.717, 1.165) is 45.1 Å². The smallest absolute Gasteiger partial charge is 0.137 e. The third-order valence-corrected chi connectivity index (χ3v) is 10.1. The van der Waals surface area contributed by atoms with Crippen LogP contribution in [0.4, 0.5) is 0 Å². The van der Waals surface area contributed by atoms with Crippen LogP contribution < -0.4 is 4.74 Å². The molecule has 53 heavy (non-hydrogen) atoms. The monoisotopic (exact) mass is 702 g/mol. The number of fused-ring (bicyclic) bond motifs is 3. The Morgan fingerprint density at radius 2 is 1.19 bits per heavy atom. The quantitative estimate of drug-likeness (QED) is 0.179. The van der Waals surface area contributed by atoms with Gasteiger partial charge in [0, 0.05) is 45.5 Å². The summed E-state index contributed by atoms with van der Waals surface area (Å²) >= 11 is 0. The maximum absolute atomic E-state index is 6.70. The molecule has 0 spiro atoms. The number of ether oxygens (including phenoxy) is 1. The van der Waals surface area contributed by atoms with Crippen molar-refractivity contribution in [3.8, 4) is 34.1 Å². The predicted molar refractivity (Wildman–Crippen MR) is 222 cm³/mol. The summed E-state index contributed by atoms with van der Waals surface area (Å²) in [6.07, 6.45) is 1.92. The van der Waals surface area contributed by atoms with E-state index in [1.165, 1.54) is 33.3 Å².